The highest BCUT2D eigenvalue weighted by Crippen LogP contribution is 2.46. The molecule has 2 aliphatic rings. The zero-order valence-corrected chi connectivity index (χ0v) is 19.0. The Morgan fingerprint density at radius 3 is 2.09 bits per heavy atom. The first kappa shape index (κ1) is 20.4. The van der Waals surface area contributed by atoms with Crippen LogP contribution in [0.3, 0.4) is 0 Å². The highest BCUT2D eigenvalue weighted by Gasteiger charge is 2.52. The lowest BCUT2D eigenvalue weighted by Crippen LogP contribution is -2.56. The molecule has 1 unspecified atom stereocenters. The van der Waals surface area contributed by atoms with Gasteiger partial charge in [-0.05, 0) is 54.8 Å². The number of ether oxygens (including phenoxy) is 2. The largest absolute Gasteiger partial charge is 0.497 e. The number of esters is 1. The smallest absolute Gasteiger partial charge is 0.338 e. The molecule has 0 N–H and O–H groups in total. The molecule has 5 heteroatoms. The maximum Gasteiger partial charge on any atom is 0.338 e. The molecule has 0 aromatic heterocycles. The van der Waals surface area contributed by atoms with E-state index < -0.39 is 5.54 Å². The number of rotatable bonds is 3. The molecule has 3 aromatic carbocycles. The van der Waals surface area contributed by atoms with Crippen LogP contribution in [0.25, 0.3) is 0 Å². The van der Waals surface area contributed by atoms with Crippen LogP contribution >= 0.6 is 0 Å². The third-order valence-electron chi connectivity index (χ3n) is 6.76. The topological polar surface area (TPSA) is 42.0 Å². The van der Waals surface area contributed by atoms with Crippen molar-refractivity contribution in [1.29, 1.82) is 0 Å². The lowest BCUT2D eigenvalue weighted by Gasteiger charge is -2.42. The van der Waals surface area contributed by atoms with Gasteiger partial charge < -0.3 is 19.3 Å². The number of benzene rings is 3. The normalized spacial score (nSPS) is 19.0. The number of hydrogen-bond acceptors (Lipinski definition) is 5. The minimum atomic E-state index is -0.992. The van der Waals surface area contributed by atoms with Gasteiger partial charge in [-0.1, -0.05) is 47.5 Å². The fourth-order valence-corrected chi connectivity index (χ4v) is 5.22. The fourth-order valence-electron chi connectivity index (χ4n) is 5.22. The Kier molecular flexibility index (Phi) is 4.85. The monoisotopic (exact) mass is 428 g/mol. The molecule has 0 saturated heterocycles. The predicted octanol–water partition coefficient (Wildman–Crippen LogP) is 4.72. The molecular weight excluding hydrogens is 400 g/mol. The zero-order valence-electron chi connectivity index (χ0n) is 19.0. The van der Waals surface area contributed by atoms with Crippen LogP contribution in [0, 0.1) is 13.8 Å². The van der Waals surface area contributed by atoms with Gasteiger partial charge in [0.25, 0.3) is 0 Å². The number of aryl methyl sites for hydroxylation is 2. The number of methoxy groups -OCH3 is 2. The second-order valence-electron chi connectivity index (χ2n) is 8.79. The zero-order chi connectivity index (χ0) is 22.5. The van der Waals surface area contributed by atoms with Gasteiger partial charge in [0, 0.05) is 24.5 Å². The lowest BCUT2D eigenvalue weighted by molar-refractivity contribution is -0.147. The molecule has 5 rings (SSSR count). The predicted molar refractivity (Wildman–Crippen MR) is 126 cm³/mol. The van der Waals surface area contributed by atoms with E-state index >= 15 is 0 Å². The van der Waals surface area contributed by atoms with Gasteiger partial charge in [0.15, 0.2) is 5.54 Å². The Morgan fingerprint density at radius 2 is 1.47 bits per heavy atom. The Bertz CT molecular complexity index is 1190. The minimum Gasteiger partial charge on any atom is -0.497 e. The molecule has 164 valence electrons. The van der Waals surface area contributed by atoms with Gasteiger partial charge in [0.2, 0.25) is 0 Å². The van der Waals surface area contributed by atoms with Crippen LogP contribution in [0.1, 0.15) is 27.8 Å². The summed E-state index contributed by atoms with van der Waals surface area (Å²) in [6.07, 6.45) is 0. The molecule has 2 bridgehead atoms. The van der Waals surface area contributed by atoms with Crippen LogP contribution < -0.4 is 14.5 Å². The molecule has 0 saturated carbocycles. The molecule has 0 fully saturated rings. The summed E-state index contributed by atoms with van der Waals surface area (Å²) in [6.45, 7) is 6.07. The summed E-state index contributed by atoms with van der Waals surface area (Å²) in [5.74, 6) is 0.501. The number of fused-ring (bicyclic) bond motifs is 7. The summed E-state index contributed by atoms with van der Waals surface area (Å²) in [5, 5.41) is 0. The maximum atomic E-state index is 13.7. The summed E-state index contributed by atoms with van der Waals surface area (Å²) in [7, 11) is 3.13. The molecule has 0 spiro atoms. The molecule has 1 atom stereocenters. The Morgan fingerprint density at radius 1 is 0.844 bits per heavy atom. The van der Waals surface area contributed by atoms with E-state index in [9.17, 15) is 4.79 Å². The average molecular weight is 429 g/mol. The van der Waals surface area contributed by atoms with E-state index in [1.165, 1.54) is 35.1 Å². The third-order valence-corrected chi connectivity index (χ3v) is 6.76. The van der Waals surface area contributed by atoms with Crippen LogP contribution in [0.5, 0.6) is 5.75 Å². The summed E-state index contributed by atoms with van der Waals surface area (Å²) in [6, 6.07) is 20.9. The molecule has 5 nitrogen and oxygen atoms in total. The van der Waals surface area contributed by atoms with Crippen molar-refractivity contribution in [2.24, 2.45) is 0 Å². The van der Waals surface area contributed by atoms with Crippen molar-refractivity contribution in [3.8, 4) is 5.75 Å². The first-order chi connectivity index (χ1) is 15.5. The van der Waals surface area contributed by atoms with Gasteiger partial charge in [-0.15, -0.1) is 0 Å². The van der Waals surface area contributed by atoms with Crippen molar-refractivity contribution in [3.05, 3.63) is 88.5 Å². The quantitative estimate of drug-likeness (QED) is 0.565. The van der Waals surface area contributed by atoms with Crippen LogP contribution in [0.2, 0.25) is 0 Å². The maximum absolute atomic E-state index is 13.7. The van der Waals surface area contributed by atoms with E-state index in [1.54, 1.807) is 7.11 Å². The Hall–Kier alpha value is -3.47. The van der Waals surface area contributed by atoms with Crippen molar-refractivity contribution < 1.29 is 14.3 Å². The number of nitrogens with zero attached hydrogens (tertiary/aromatic N) is 2. The van der Waals surface area contributed by atoms with Gasteiger partial charge >= 0.3 is 5.97 Å². The number of carbonyl (C=O) groups excluding carboxylic acids is 1. The molecule has 2 aliphatic heterocycles. The highest BCUT2D eigenvalue weighted by molar-refractivity contribution is 5.90. The molecule has 3 aromatic rings. The van der Waals surface area contributed by atoms with E-state index in [4.69, 9.17) is 9.47 Å². The molecule has 0 radical (unpaired) electrons. The van der Waals surface area contributed by atoms with E-state index in [-0.39, 0.29) is 5.97 Å². The van der Waals surface area contributed by atoms with Crippen molar-refractivity contribution in [1.82, 2.24) is 0 Å². The summed E-state index contributed by atoms with van der Waals surface area (Å²) < 4.78 is 10.9. The number of anilines is 2. The molecule has 0 amide bonds. The average Bonchev–Trinajstić information content (AvgIpc) is 3.02. The van der Waals surface area contributed by atoms with Crippen molar-refractivity contribution in [2.75, 3.05) is 30.6 Å². The van der Waals surface area contributed by atoms with E-state index in [0.29, 0.717) is 13.1 Å². The van der Waals surface area contributed by atoms with Crippen molar-refractivity contribution in [2.45, 2.75) is 32.5 Å². The Balaban J connectivity index is 1.80. The summed E-state index contributed by atoms with van der Waals surface area (Å²) in [5.41, 5.74) is 7.01. The molecule has 32 heavy (non-hydrogen) atoms. The standard InChI is InChI=1S/C27H28N2O3/c1-18-5-11-24-21(14-18)16-29-25-12-6-19(2)13-20(25)15-28(24)17-27(29,26(30)32-4)22-7-9-23(31-3)10-8-22/h5-14H,15-17H2,1-4H3. The van der Waals surface area contributed by atoms with Crippen molar-refractivity contribution in [3.63, 3.8) is 0 Å². The van der Waals surface area contributed by atoms with Crippen LogP contribution in [-0.2, 0) is 28.2 Å². The molecule has 2 heterocycles. The van der Waals surface area contributed by atoms with E-state index in [1.807, 2.05) is 24.3 Å². The van der Waals surface area contributed by atoms with E-state index in [2.05, 4.69) is 60.0 Å². The second kappa shape index (κ2) is 7.59. The SMILES string of the molecule is COC(=O)C1(c2ccc(OC)cc2)CN2Cc3cc(C)ccc3N1Cc1cc(C)ccc12. The van der Waals surface area contributed by atoms with Gasteiger partial charge in [-0.3, -0.25) is 0 Å². The van der Waals surface area contributed by atoms with Gasteiger partial charge in [-0.25, -0.2) is 4.79 Å². The summed E-state index contributed by atoms with van der Waals surface area (Å²) in [4.78, 5) is 18.3. The summed E-state index contributed by atoms with van der Waals surface area (Å²) >= 11 is 0. The number of carbonyl (C=O) groups is 1. The van der Waals surface area contributed by atoms with Gasteiger partial charge in [0.05, 0.1) is 20.8 Å². The molecular formula is C27H28N2O3. The number of hydrogen-bond donors (Lipinski definition) is 0. The van der Waals surface area contributed by atoms with E-state index in [0.717, 1.165) is 23.5 Å². The first-order valence-corrected chi connectivity index (χ1v) is 10.9. The van der Waals surface area contributed by atoms with Crippen molar-refractivity contribution >= 4 is 17.3 Å². The minimum absolute atomic E-state index is 0.259. The van der Waals surface area contributed by atoms with Crippen LogP contribution in [0.15, 0.2) is 60.7 Å². The van der Waals surface area contributed by atoms with Gasteiger partial charge in [0.1, 0.15) is 5.75 Å². The van der Waals surface area contributed by atoms with Crippen LogP contribution in [-0.4, -0.2) is 26.7 Å². The highest BCUT2D eigenvalue weighted by atomic mass is 16.5. The fraction of sp³-hybridized carbons (Fsp3) is 0.296. The first-order valence-electron chi connectivity index (χ1n) is 10.9. The third kappa shape index (κ3) is 3.03. The second-order valence-corrected chi connectivity index (χ2v) is 8.79. The Labute approximate surface area is 189 Å². The van der Waals surface area contributed by atoms with Crippen LogP contribution in [0.4, 0.5) is 11.4 Å². The molecule has 0 aliphatic carbocycles. The lowest BCUT2D eigenvalue weighted by atomic mass is 9.86. The van der Waals surface area contributed by atoms with Gasteiger partial charge in [-0.2, -0.15) is 0 Å².